The van der Waals surface area contributed by atoms with Crippen molar-refractivity contribution in [2.45, 2.75) is 19.9 Å². The lowest BCUT2D eigenvalue weighted by Crippen LogP contribution is -2.39. The topological polar surface area (TPSA) is 83.6 Å². The summed E-state index contributed by atoms with van der Waals surface area (Å²) in [5, 5.41) is 5.69. The van der Waals surface area contributed by atoms with Gasteiger partial charge in [-0.2, -0.15) is 0 Å². The summed E-state index contributed by atoms with van der Waals surface area (Å²) in [6, 6.07) is 9.03. The van der Waals surface area contributed by atoms with Crippen LogP contribution in [0.1, 0.15) is 18.1 Å². The highest BCUT2D eigenvalue weighted by Crippen LogP contribution is 2.27. The van der Waals surface area contributed by atoms with E-state index in [0.29, 0.717) is 31.1 Å². The average molecular weight is 340 g/mol. The first-order chi connectivity index (χ1) is 12.1. The maximum Gasteiger partial charge on any atom is 0.322 e. The monoisotopic (exact) mass is 340 g/mol. The van der Waals surface area contributed by atoms with E-state index in [2.05, 4.69) is 15.6 Å². The Morgan fingerprint density at radius 3 is 2.72 bits per heavy atom. The van der Waals surface area contributed by atoms with Crippen molar-refractivity contribution in [2.24, 2.45) is 0 Å². The summed E-state index contributed by atoms with van der Waals surface area (Å²) in [5.41, 5.74) is 3.47. The molecule has 0 atom stereocenters. The number of fused-ring (bicyclic) bond motifs is 1. The molecule has 7 heteroatoms. The summed E-state index contributed by atoms with van der Waals surface area (Å²) in [7, 11) is 1.51. The lowest BCUT2D eigenvalue weighted by atomic mass is 9.98. The third-order valence-electron chi connectivity index (χ3n) is 4.07. The van der Waals surface area contributed by atoms with Crippen molar-refractivity contribution in [3.05, 3.63) is 47.7 Å². The summed E-state index contributed by atoms with van der Waals surface area (Å²) in [6.07, 6.45) is 2.29. The van der Waals surface area contributed by atoms with Crippen molar-refractivity contribution in [1.82, 2.24) is 9.88 Å². The molecule has 0 unspecified atom stereocenters. The van der Waals surface area contributed by atoms with Gasteiger partial charge in [0.05, 0.1) is 7.11 Å². The van der Waals surface area contributed by atoms with Crippen molar-refractivity contribution >= 4 is 23.3 Å². The van der Waals surface area contributed by atoms with Crippen LogP contribution in [0.3, 0.4) is 0 Å². The van der Waals surface area contributed by atoms with Crippen LogP contribution in [0.15, 0.2) is 36.5 Å². The van der Waals surface area contributed by atoms with Gasteiger partial charge in [0.2, 0.25) is 11.8 Å². The van der Waals surface area contributed by atoms with Gasteiger partial charge in [0.15, 0.2) is 0 Å². The summed E-state index contributed by atoms with van der Waals surface area (Å²) in [4.78, 5) is 29.7. The number of hydrogen-bond acceptors (Lipinski definition) is 4. The van der Waals surface area contributed by atoms with Gasteiger partial charge in [0, 0.05) is 31.9 Å². The van der Waals surface area contributed by atoms with Crippen LogP contribution in [0.5, 0.6) is 5.88 Å². The molecule has 0 fully saturated rings. The first kappa shape index (κ1) is 16.8. The SMILES string of the molecule is COc1ncccc1NC(=O)N1CCc2c(cccc2NC(C)=O)C1. The number of carbonyl (C=O) groups excluding carboxylic acids is 2. The van der Waals surface area contributed by atoms with Crippen molar-refractivity contribution in [2.75, 3.05) is 24.3 Å². The normalized spacial score (nSPS) is 13.0. The zero-order valence-electron chi connectivity index (χ0n) is 14.2. The molecule has 25 heavy (non-hydrogen) atoms. The molecule has 0 bridgehead atoms. The highest BCUT2D eigenvalue weighted by Gasteiger charge is 2.23. The average Bonchev–Trinajstić information content (AvgIpc) is 2.61. The van der Waals surface area contributed by atoms with Gasteiger partial charge in [0.25, 0.3) is 0 Å². The zero-order chi connectivity index (χ0) is 17.8. The van der Waals surface area contributed by atoms with Crippen molar-refractivity contribution in [1.29, 1.82) is 0 Å². The molecule has 0 saturated heterocycles. The molecule has 1 aliphatic rings. The van der Waals surface area contributed by atoms with Gasteiger partial charge in [-0.3, -0.25) is 4.79 Å². The van der Waals surface area contributed by atoms with Gasteiger partial charge in [0.1, 0.15) is 5.69 Å². The van der Waals surface area contributed by atoms with E-state index in [1.807, 2.05) is 18.2 Å². The maximum absolute atomic E-state index is 12.6. The third kappa shape index (κ3) is 3.71. The number of methoxy groups -OCH3 is 1. The Morgan fingerprint density at radius 2 is 1.96 bits per heavy atom. The number of ether oxygens (including phenoxy) is 1. The molecule has 2 N–H and O–H groups in total. The number of nitrogens with zero attached hydrogens (tertiary/aromatic N) is 2. The Labute approximate surface area is 146 Å². The first-order valence-electron chi connectivity index (χ1n) is 8.01. The predicted molar refractivity (Wildman–Crippen MR) is 94.7 cm³/mol. The second kappa shape index (κ2) is 7.21. The second-order valence-corrected chi connectivity index (χ2v) is 5.79. The Hall–Kier alpha value is -3.09. The van der Waals surface area contributed by atoms with Crippen molar-refractivity contribution in [3.8, 4) is 5.88 Å². The molecular formula is C18H20N4O3. The minimum Gasteiger partial charge on any atom is -0.480 e. The number of amides is 3. The number of rotatable bonds is 3. The molecule has 1 aromatic carbocycles. The Kier molecular flexibility index (Phi) is 4.83. The number of aromatic nitrogens is 1. The summed E-state index contributed by atoms with van der Waals surface area (Å²) >= 11 is 0. The van der Waals surface area contributed by atoms with Crippen LogP contribution < -0.4 is 15.4 Å². The van der Waals surface area contributed by atoms with Crippen LogP contribution in [0.25, 0.3) is 0 Å². The Morgan fingerprint density at radius 1 is 1.16 bits per heavy atom. The maximum atomic E-state index is 12.6. The van der Waals surface area contributed by atoms with E-state index >= 15 is 0 Å². The minimum absolute atomic E-state index is 0.0998. The van der Waals surface area contributed by atoms with Crippen LogP contribution in [0.4, 0.5) is 16.2 Å². The molecular weight excluding hydrogens is 320 g/mol. The summed E-state index contributed by atoms with van der Waals surface area (Å²) in [6.45, 7) is 2.54. The number of hydrogen-bond donors (Lipinski definition) is 2. The van der Waals surface area contributed by atoms with Crippen LogP contribution in [0.2, 0.25) is 0 Å². The minimum atomic E-state index is -0.207. The number of nitrogens with one attached hydrogen (secondary N) is 2. The van der Waals surface area contributed by atoms with Crippen molar-refractivity contribution in [3.63, 3.8) is 0 Å². The molecule has 130 valence electrons. The standard InChI is InChI=1S/C18H20N4O3/c1-12(23)20-15-6-3-5-13-11-22(10-8-14(13)15)18(24)21-16-7-4-9-19-17(16)25-2/h3-7,9H,8,10-11H2,1-2H3,(H,20,23)(H,21,24). The van der Waals surface area contributed by atoms with Crippen LogP contribution in [-0.2, 0) is 17.8 Å². The molecule has 0 saturated carbocycles. The van der Waals surface area contributed by atoms with E-state index < -0.39 is 0 Å². The Balaban J connectivity index is 1.74. The lowest BCUT2D eigenvalue weighted by molar-refractivity contribution is -0.114. The molecule has 0 radical (unpaired) electrons. The second-order valence-electron chi connectivity index (χ2n) is 5.79. The lowest BCUT2D eigenvalue weighted by Gasteiger charge is -2.30. The molecule has 1 aliphatic heterocycles. The fraction of sp³-hybridized carbons (Fsp3) is 0.278. The molecule has 0 spiro atoms. The molecule has 3 rings (SSSR count). The summed E-state index contributed by atoms with van der Waals surface area (Å²) in [5.74, 6) is 0.276. The number of urea groups is 1. The number of pyridine rings is 1. The third-order valence-corrected chi connectivity index (χ3v) is 4.07. The highest BCUT2D eigenvalue weighted by molar-refractivity contribution is 5.91. The van der Waals surface area contributed by atoms with E-state index in [4.69, 9.17) is 4.74 Å². The van der Waals surface area contributed by atoms with E-state index in [-0.39, 0.29) is 11.9 Å². The molecule has 1 aromatic heterocycles. The van der Waals surface area contributed by atoms with Crippen LogP contribution in [-0.4, -0.2) is 35.5 Å². The first-order valence-corrected chi connectivity index (χ1v) is 8.01. The number of benzene rings is 1. The van der Waals surface area contributed by atoms with Crippen LogP contribution in [0, 0.1) is 0 Å². The quantitative estimate of drug-likeness (QED) is 0.900. The smallest absolute Gasteiger partial charge is 0.322 e. The van der Waals surface area contributed by atoms with Crippen molar-refractivity contribution < 1.29 is 14.3 Å². The molecule has 0 aliphatic carbocycles. The van der Waals surface area contributed by atoms with Crippen LogP contribution >= 0.6 is 0 Å². The van der Waals surface area contributed by atoms with Gasteiger partial charge in [-0.1, -0.05) is 12.1 Å². The largest absolute Gasteiger partial charge is 0.480 e. The summed E-state index contributed by atoms with van der Waals surface area (Å²) < 4.78 is 5.16. The van der Waals surface area contributed by atoms with E-state index in [0.717, 1.165) is 16.8 Å². The fourth-order valence-corrected chi connectivity index (χ4v) is 2.93. The Bertz CT molecular complexity index is 807. The highest BCUT2D eigenvalue weighted by atomic mass is 16.5. The zero-order valence-corrected chi connectivity index (χ0v) is 14.2. The number of carbonyl (C=O) groups is 2. The van der Waals surface area contributed by atoms with Gasteiger partial charge in [-0.25, -0.2) is 9.78 Å². The predicted octanol–water partition coefficient (Wildman–Crippen LogP) is 2.64. The van der Waals surface area contributed by atoms with E-state index in [1.54, 1.807) is 23.2 Å². The van der Waals surface area contributed by atoms with E-state index in [1.165, 1.54) is 14.0 Å². The molecule has 3 amide bonds. The van der Waals surface area contributed by atoms with Gasteiger partial charge < -0.3 is 20.3 Å². The van der Waals surface area contributed by atoms with Gasteiger partial charge in [-0.15, -0.1) is 0 Å². The molecule has 7 nitrogen and oxygen atoms in total. The fourth-order valence-electron chi connectivity index (χ4n) is 2.93. The van der Waals surface area contributed by atoms with E-state index in [9.17, 15) is 9.59 Å². The van der Waals surface area contributed by atoms with Gasteiger partial charge in [-0.05, 0) is 35.7 Å². The van der Waals surface area contributed by atoms with Gasteiger partial charge >= 0.3 is 6.03 Å². The number of anilines is 2. The molecule has 2 heterocycles. The molecule has 2 aromatic rings.